The predicted octanol–water partition coefficient (Wildman–Crippen LogP) is 4.64. The number of aromatic hydroxyl groups is 2. The summed E-state index contributed by atoms with van der Waals surface area (Å²) in [6, 6.07) is 9.96. The first kappa shape index (κ1) is 17.2. The van der Waals surface area contributed by atoms with Gasteiger partial charge in [0.2, 0.25) is 0 Å². The van der Waals surface area contributed by atoms with Gasteiger partial charge in [0.05, 0.1) is 12.9 Å². The lowest BCUT2D eigenvalue weighted by Crippen LogP contribution is -1.96. The Labute approximate surface area is 144 Å². The van der Waals surface area contributed by atoms with Crippen molar-refractivity contribution in [1.29, 1.82) is 0 Å². The molecule has 0 aliphatic rings. The molecule has 0 spiro atoms. The van der Waals surface area contributed by atoms with Crippen LogP contribution in [0.2, 0.25) is 10.0 Å². The Morgan fingerprint density at radius 1 is 1.00 bits per heavy atom. The first-order valence-electron chi connectivity index (χ1n) is 6.84. The molecule has 0 aliphatic heterocycles. The minimum Gasteiger partial charge on any atom is -0.508 e. The number of aryl methyl sites for hydroxylation is 1. The highest BCUT2D eigenvalue weighted by atomic mass is 35.5. The number of nitrogens with zero attached hydrogens (tertiary/aromatic N) is 2. The topological polar surface area (TPSA) is 58.3 Å². The van der Waals surface area contributed by atoms with Gasteiger partial charge in [0.1, 0.15) is 11.5 Å². The first-order valence-corrected chi connectivity index (χ1v) is 7.59. The van der Waals surface area contributed by atoms with Crippen molar-refractivity contribution in [3.63, 3.8) is 0 Å². The molecule has 0 bridgehead atoms. The van der Waals surface area contributed by atoms with E-state index in [1.54, 1.807) is 55.8 Å². The zero-order valence-electron chi connectivity index (χ0n) is 12.4. The molecule has 4 nitrogen and oxygen atoms in total. The van der Waals surface area contributed by atoms with E-state index in [0.29, 0.717) is 22.3 Å². The number of hydrogen-bond donors (Lipinski definition) is 2. The van der Waals surface area contributed by atoms with E-state index in [4.69, 9.17) is 28.3 Å². The largest absolute Gasteiger partial charge is 0.508 e. The Balaban J connectivity index is 0.000000185. The van der Waals surface area contributed by atoms with Crippen LogP contribution in [-0.2, 0) is 6.54 Å². The fraction of sp³-hybridized carbons (Fsp3) is 0.118. The zero-order chi connectivity index (χ0) is 16.8. The lowest BCUT2D eigenvalue weighted by atomic mass is 10.2. The molecule has 0 saturated heterocycles. The minimum absolute atomic E-state index is 0.253. The van der Waals surface area contributed by atoms with E-state index in [2.05, 4.69) is 4.98 Å². The summed E-state index contributed by atoms with van der Waals surface area (Å²) >= 11 is 11.4. The second-order valence-corrected chi connectivity index (χ2v) is 5.81. The second kappa shape index (κ2) is 7.90. The minimum atomic E-state index is 0.253. The Morgan fingerprint density at radius 3 is 2.22 bits per heavy atom. The van der Waals surface area contributed by atoms with E-state index in [0.717, 1.165) is 11.1 Å². The summed E-state index contributed by atoms with van der Waals surface area (Å²) in [5.74, 6) is 0.544. The quantitative estimate of drug-likeness (QED) is 0.707. The highest BCUT2D eigenvalue weighted by Crippen LogP contribution is 2.22. The van der Waals surface area contributed by atoms with E-state index in [1.165, 1.54) is 0 Å². The maximum atomic E-state index is 9.54. The number of halogens is 2. The Bertz CT molecular complexity index is 774. The lowest BCUT2D eigenvalue weighted by Gasteiger charge is -2.05. The van der Waals surface area contributed by atoms with Crippen molar-refractivity contribution in [3.05, 3.63) is 76.3 Å². The van der Waals surface area contributed by atoms with Gasteiger partial charge in [0.25, 0.3) is 0 Å². The fourth-order valence-corrected chi connectivity index (χ4v) is 2.30. The van der Waals surface area contributed by atoms with Crippen LogP contribution in [-0.4, -0.2) is 19.8 Å². The third-order valence-electron chi connectivity index (χ3n) is 3.11. The predicted molar refractivity (Wildman–Crippen MR) is 92.3 cm³/mol. The summed E-state index contributed by atoms with van der Waals surface area (Å²) in [5.41, 5.74) is 1.60. The molecule has 0 saturated carbocycles. The van der Waals surface area contributed by atoms with Crippen LogP contribution < -0.4 is 0 Å². The Morgan fingerprint density at radius 2 is 1.65 bits per heavy atom. The summed E-state index contributed by atoms with van der Waals surface area (Å²) in [6.45, 7) is 2.38. The molecule has 0 unspecified atom stereocenters. The molecule has 1 heterocycles. The lowest BCUT2D eigenvalue weighted by molar-refractivity contribution is 0.466. The SMILES string of the molecule is Cc1cc(Cl)ccc1O.Oc1ccc(Cl)cc1Cn1ccnc1. The van der Waals surface area contributed by atoms with Crippen molar-refractivity contribution >= 4 is 23.2 Å². The third kappa shape index (κ3) is 5.20. The van der Waals surface area contributed by atoms with Crippen LogP contribution in [0, 0.1) is 6.92 Å². The standard InChI is InChI=1S/C10H9ClN2O.C7H7ClO/c11-9-1-2-10(14)8(5-9)6-13-4-3-12-7-13;1-5-4-6(8)2-3-7(5)9/h1-5,7,14H,6H2;2-4,9H,1H3. The van der Waals surface area contributed by atoms with Crippen molar-refractivity contribution in [2.45, 2.75) is 13.5 Å². The van der Waals surface area contributed by atoms with Gasteiger partial charge >= 0.3 is 0 Å². The van der Waals surface area contributed by atoms with Crippen LogP contribution in [0.25, 0.3) is 0 Å². The summed E-state index contributed by atoms with van der Waals surface area (Å²) in [4.78, 5) is 3.92. The molecule has 2 N–H and O–H groups in total. The monoisotopic (exact) mass is 350 g/mol. The average Bonchev–Trinajstić information content (AvgIpc) is 3.01. The Hall–Kier alpha value is -2.17. The molecule has 3 rings (SSSR count). The highest BCUT2D eigenvalue weighted by Gasteiger charge is 2.02. The molecule has 0 amide bonds. The van der Waals surface area contributed by atoms with Gasteiger partial charge in [0.15, 0.2) is 0 Å². The van der Waals surface area contributed by atoms with Gasteiger partial charge < -0.3 is 14.8 Å². The fourth-order valence-electron chi connectivity index (χ4n) is 1.88. The third-order valence-corrected chi connectivity index (χ3v) is 3.58. The first-order chi connectivity index (χ1) is 11.0. The van der Waals surface area contributed by atoms with E-state index in [-0.39, 0.29) is 5.75 Å². The molecule has 23 heavy (non-hydrogen) atoms. The van der Waals surface area contributed by atoms with Gasteiger partial charge in [-0.05, 0) is 48.9 Å². The van der Waals surface area contributed by atoms with Crippen molar-refractivity contribution in [3.8, 4) is 11.5 Å². The molecule has 0 atom stereocenters. The molecular formula is C17H16Cl2N2O2. The number of hydrogen-bond acceptors (Lipinski definition) is 3. The number of phenolic OH excluding ortho intramolecular Hbond substituents is 2. The van der Waals surface area contributed by atoms with Gasteiger partial charge in [-0.1, -0.05) is 23.2 Å². The van der Waals surface area contributed by atoms with Crippen LogP contribution in [0.3, 0.4) is 0 Å². The normalized spacial score (nSPS) is 10.0. The average molecular weight is 351 g/mol. The van der Waals surface area contributed by atoms with E-state index in [1.807, 2.05) is 10.8 Å². The van der Waals surface area contributed by atoms with Crippen molar-refractivity contribution in [2.24, 2.45) is 0 Å². The summed E-state index contributed by atoms with van der Waals surface area (Å²) < 4.78 is 1.87. The second-order valence-electron chi connectivity index (χ2n) is 4.94. The molecular weight excluding hydrogens is 335 g/mol. The van der Waals surface area contributed by atoms with Gasteiger partial charge in [-0.3, -0.25) is 0 Å². The van der Waals surface area contributed by atoms with Crippen LogP contribution in [0.5, 0.6) is 11.5 Å². The van der Waals surface area contributed by atoms with Gasteiger partial charge in [-0.15, -0.1) is 0 Å². The smallest absolute Gasteiger partial charge is 0.120 e. The van der Waals surface area contributed by atoms with Crippen LogP contribution >= 0.6 is 23.2 Å². The maximum absolute atomic E-state index is 9.54. The molecule has 0 radical (unpaired) electrons. The van der Waals surface area contributed by atoms with Crippen molar-refractivity contribution in [1.82, 2.24) is 9.55 Å². The molecule has 1 aromatic heterocycles. The van der Waals surface area contributed by atoms with E-state index >= 15 is 0 Å². The number of imidazole rings is 1. The molecule has 2 aromatic carbocycles. The highest BCUT2D eigenvalue weighted by molar-refractivity contribution is 6.30. The Kier molecular flexibility index (Phi) is 5.90. The zero-order valence-corrected chi connectivity index (χ0v) is 14.0. The molecule has 0 aliphatic carbocycles. The summed E-state index contributed by atoms with van der Waals surface area (Å²) in [5, 5.41) is 19.8. The van der Waals surface area contributed by atoms with E-state index < -0.39 is 0 Å². The number of benzene rings is 2. The van der Waals surface area contributed by atoms with Gasteiger partial charge in [-0.2, -0.15) is 0 Å². The maximum Gasteiger partial charge on any atom is 0.120 e. The van der Waals surface area contributed by atoms with E-state index in [9.17, 15) is 5.11 Å². The van der Waals surface area contributed by atoms with Crippen LogP contribution in [0.15, 0.2) is 55.1 Å². The number of phenols is 2. The van der Waals surface area contributed by atoms with Crippen molar-refractivity contribution in [2.75, 3.05) is 0 Å². The summed E-state index contributed by atoms with van der Waals surface area (Å²) in [7, 11) is 0. The molecule has 0 fully saturated rings. The summed E-state index contributed by atoms with van der Waals surface area (Å²) in [6.07, 6.45) is 5.22. The molecule has 6 heteroatoms. The van der Waals surface area contributed by atoms with Crippen LogP contribution in [0.4, 0.5) is 0 Å². The van der Waals surface area contributed by atoms with Gasteiger partial charge in [-0.25, -0.2) is 4.98 Å². The molecule has 120 valence electrons. The molecule has 3 aromatic rings. The number of aromatic nitrogens is 2. The van der Waals surface area contributed by atoms with Crippen molar-refractivity contribution < 1.29 is 10.2 Å². The number of rotatable bonds is 2. The van der Waals surface area contributed by atoms with Crippen LogP contribution in [0.1, 0.15) is 11.1 Å². The van der Waals surface area contributed by atoms with Gasteiger partial charge in [0, 0.05) is 28.0 Å².